The first-order valence-corrected chi connectivity index (χ1v) is 6.69. The molecule has 1 N–H and O–H groups in total. The number of hydrogen-bond donors (Lipinski definition) is 1. The fourth-order valence-electron chi connectivity index (χ4n) is 0.318. The van der Waals surface area contributed by atoms with Crippen molar-refractivity contribution >= 4 is 31.2 Å². The predicted molar refractivity (Wildman–Crippen MR) is 42.8 cm³/mol. The lowest BCUT2D eigenvalue weighted by atomic mass is 11.2. The molecule has 0 heterocycles. The second-order valence-corrected chi connectivity index (χ2v) is 5.41. The van der Waals surface area contributed by atoms with Crippen LogP contribution in [0.5, 0.6) is 0 Å². The van der Waals surface area contributed by atoms with Crippen molar-refractivity contribution < 1.29 is 41.2 Å². The highest BCUT2D eigenvalue weighted by Crippen LogP contribution is 2.07. The Morgan fingerprint density at radius 1 is 0.933 bits per heavy atom. The highest BCUT2D eigenvalue weighted by atomic mass is 32.3. The fraction of sp³-hybridized carbons (Fsp3) is 0. The van der Waals surface area contributed by atoms with Crippen molar-refractivity contribution in [2.24, 2.45) is 0 Å². The molecule has 0 aromatic carbocycles. The Morgan fingerprint density at radius 3 is 1.73 bits per heavy atom. The van der Waals surface area contributed by atoms with Gasteiger partial charge in [0.2, 0.25) is 0 Å². The average molecular weight is 284 g/mol. The minimum Gasteiger partial charge on any atom is -0.369 e. The van der Waals surface area contributed by atoms with Gasteiger partial charge in [-0.2, -0.15) is 25.3 Å². The van der Waals surface area contributed by atoms with Gasteiger partial charge in [0.25, 0.3) is 0 Å². The van der Waals surface area contributed by atoms with Gasteiger partial charge in [-0.05, 0) is 0 Å². The van der Waals surface area contributed by atoms with E-state index in [1.54, 1.807) is 0 Å². The van der Waals surface area contributed by atoms with E-state index in [-0.39, 0.29) is 0 Å². The molecule has 13 heteroatoms. The van der Waals surface area contributed by atoms with Gasteiger partial charge < -0.3 is 4.18 Å². The molecule has 0 unspecified atom stereocenters. The number of rotatable bonds is 6. The first-order chi connectivity index (χ1) is 6.47. The maximum Gasteiger partial charge on any atom is 0.465 e. The maximum absolute atomic E-state index is 10.5. The van der Waals surface area contributed by atoms with Crippen molar-refractivity contribution in [1.82, 2.24) is 0 Å². The van der Waals surface area contributed by atoms with Crippen LogP contribution < -0.4 is 0 Å². The Hall–Kier alpha value is -0.730. The SMILES string of the molecule is C=COS(=O)(=O)OS(=O)(=O)OS(=O)(=O)O. The highest BCUT2D eigenvalue weighted by Gasteiger charge is 2.29. The summed E-state index contributed by atoms with van der Waals surface area (Å²) in [4.78, 5) is 0. The van der Waals surface area contributed by atoms with Crippen LogP contribution in [0.2, 0.25) is 0 Å². The third kappa shape index (κ3) is 7.23. The van der Waals surface area contributed by atoms with Crippen LogP contribution in [0.15, 0.2) is 12.8 Å². The highest BCUT2D eigenvalue weighted by molar-refractivity contribution is 8.00. The molecule has 0 aromatic heterocycles. The van der Waals surface area contributed by atoms with Crippen LogP contribution in [-0.2, 0) is 42.6 Å². The Kier molecular flexibility index (Phi) is 4.20. The summed E-state index contributed by atoms with van der Waals surface area (Å²) in [5.41, 5.74) is 0. The molecule has 0 atom stereocenters. The Labute approximate surface area is 85.7 Å². The summed E-state index contributed by atoms with van der Waals surface area (Å²) in [6.45, 7) is 2.77. The molecule has 0 aliphatic heterocycles. The van der Waals surface area contributed by atoms with Crippen molar-refractivity contribution in [3.63, 3.8) is 0 Å². The lowest BCUT2D eigenvalue weighted by Crippen LogP contribution is -2.19. The molecule has 0 bridgehead atoms. The summed E-state index contributed by atoms with van der Waals surface area (Å²) < 4.78 is 79.2. The Bertz CT molecular complexity index is 517. The van der Waals surface area contributed by atoms with Crippen LogP contribution in [0.3, 0.4) is 0 Å². The molecule has 0 aliphatic rings. The molecule has 0 aromatic rings. The monoisotopic (exact) mass is 284 g/mol. The lowest BCUT2D eigenvalue weighted by Gasteiger charge is -2.01. The average Bonchev–Trinajstić information content (AvgIpc) is 1.74. The van der Waals surface area contributed by atoms with Gasteiger partial charge in [0, 0.05) is 0 Å². The molecule has 0 radical (unpaired) electrons. The van der Waals surface area contributed by atoms with E-state index >= 15 is 0 Å². The first kappa shape index (κ1) is 14.3. The van der Waals surface area contributed by atoms with Crippen molar-refractivity contribution in [3.05, 3.63) is 12.8 Å². The number of hydrogen-bond acceptors (Lipinski definition) is 9. The van der Waals surface area contributed by atoms with Crippen LogP contribution in [0.25, 0.3) is 0 Å². The van der Waals surface area contributed by atoms with E-state index < -0.39 is 31.2 Å². The van der Waals surface area contributed by atoms with Gasteiger partial charge in [-0.3, -0.25) is 4.55 Å². The van der Waals surface area contributed by atoms with E-state index in [2.05, 4.69) is 18.0 Å². The standard InChI is InChI=1S/C2H4O10S3/c1-2-10-14(6,7)12-15(8,9)11-13(3,4)5/h2H,1H2,(H,3,4,5). The smallest absolute Gasteiger partial charge is 0.369 e. The normalized spacial score (nSPS) is 13.4. The van der Waals surface area contributed by atoms with Crippen molar-refractivity contribution in [1.29, 1.82) is 0 Å². The minimum atomic E-state index is -5.52. The second kappa shape index (κ2) is 4.42. The zero-order valence-corrected chi connectivity index (χ0v) is 9.08. The van der Waals surface area contributed by atoms with Crippen LogP contribution >= 0.6 is 0 Å². The molecule has 0 aliphatic carbocycles. The largest absolute Gasteiger partial charge is 0.465 e. The summed E-state index contributed by atoms with van der Waals surface area (Å²) in [7, 11) is -16.0. The third-order valence-electron chi connectivity index (χ3n) is 0.522. The third-order valence-corrected chi connectivity index (χ3v) is 3.58. The van der Waals surface area contributed by atoms with Crippen LogP contribution in [0.1, 0.15) is 0 Å². The van der Waals surface area contributed by atoms with Gasteiger partial charge in [-0.15, -0.1) is 0 Å². The molecule has 0 saturated heterocycles. The molecule has 0 saturated carbocycles. The Morgan fingerprint density at radius 2 is 1.40 bits per heavy atom. The molecule has 10 nitrogen and oxygen atoms in total. The summed E-state index contributed by atoms with van der Waals surface area (Å²) in [6.07, 6.45) is 0.304. The zero-order valence-electron chi connectivity index (χ0n) is 6.63. The van der Waals surface area contributed by atoms with Gasteiger partial charge in [0.1, 0.15) is 6.26 Å². The maximum atomic E-state index is 10.5. The molecule has 90 valence electrons. The molecule has 0 rings (SSSR count). The second-order valence-electron chi connectivity index (χ2n) is 1.64. The van der Waals surface area contributed by atoms with E-state index in [1.807, 2.05) is 0 Å². The van der Waals surface area contributed by atoms with Crippen molar-refractivity contribution in [2.45, 2.75) is 0 Å². The van der Waals surface area contributed by atoms with E-state index in [9.17, 15) is 25.3 Å². The first-order valence-electron chi connectivity index (χ1n) is 2.66. The molecular formula is C2H4O10S3. The zero-order chi connectivity index (χ0) is 12.3. The summed E-state index contributed by atoms with van der Waals surface area (Å²) in [6, 6.07) is 0. The predicted octanol–water partition coefficient (Wildman–Crippen LogP) is -1.53. The van der Waals surface area contributed by atoms with E-state index in [4.69, 9.17) is 4.55 Å². The molecule has 15 heavy (non-hydrogen) atoms. The van der Waals surface area contributed by atoms with Crippen molar-refractivity contribution in [3.8, 4) is 0 Å². The summed E-state index contributed by atoms with van der Waals surface area (Å²) >= 11 is 0. The van der Waals surface area contributed by atoms with Crippen LogP contribution in [0.4, 0.5) is 0 Å². The van der Waals surface area contributed by atoms with Crippen LogP contribution in [-0.4, -0.2) is 29.8 Å². The van der Waals surface area contributed by atoms with Gasteiger partial charge in [0.15, 0.2) is 0 Å². The molecular weight excluding hydrogens is 280 g/mol. The molecule has 0 amide bonds. The fourth-order valence-corrected chi connectivity index (χ4v) is 2.57. The lowest BCUT2D eigenvalue weighted by molar-refractivity contribution is 0.320. The van der Waals surface area contributed by atoms with E-state index in [0.717, 1.165) is 0 Å². The summed E-state index contributed by atoms with van der Waals surface area (Å²) in [5, 5.41) is 0. The van der Waals surface area contributed by atoms with Gasteiger partial charge in [-0.25, -0.2) is 0 Å². The quantitative estimate of drug-likeness (QED) is 0.449. The molecule has 0 fully saturated rings. The van der Waals surface area contributed by atoms with Gasteiger partial charge >= 0.3 is 31.2 Å². The molecule has 0 spiro atoms. The van der Waals surface area contributed by atoms with Crippen molar-refractivity contribution in [2.75, 3.05) is 0 Å². The van der Waals surface area contributed by atoms with Crippen LogP contribution in [0, 0.1) is 0 Å². The van der Waals surface area contributed by atoms with E-state index in [0.29, 0.717) is 6.26 Å². The topological polar surface area (TPSA) is 150 Å². The minimum absolute atomic E-state index is 0.304. The van der Waals surface area contributed by atoms with Gasteiger partial charge in [-0.1, -0.05) is 13.8 Å². The van der Waals surface area contributed by atoms with E-state index in [1.165, 1.54) is 0 Å². The van der Waals surface area contributed by atoms with Gasteiger partial charge in [0.05, 0.1) is 0 Å². The summed E-state index contributed by atoms with van der Waals surface area (Å²) in [5.74, 6) is 0. The Balaban J connectivity index is 4.90.